The molecule has 0 bridgehead atoms. The minimum atomic E-state index is -4.09. The van der Waals surface area contributed by atoms with Crippen LogP contribution in [0.15, 0.2) is 56.6 Å². The number of benzene rings is 1. The molecule has 0 fully saturated rings. The van der Waals surface area contributed by atoms with Gasteiger partial charge in [0.1, 0.15) is 5.69 Å². The first-order valence-electron chi connectivity index (χ1n) is 11.5. The molecule has 1 aromatic heterocycles. The zero-order chi connectivity index (χ0) is 31.8. The Hall–Kier alpha value is -3.76. The lowest BCUT2D eigenvalue weighted by molar-refractivity contribution is -0.355. The summed E-state index contributed by atoms with van der Waals surface area (Å²) in [4.78, 5) is 36.1. The van der Waals surface area contributed by atoms with Crippen LogP contribution in [-0.2, 0) is 40.2 Å². The van der Waals surface area contributed by atoms with E-state index in [1.54, 1.807) is 18.7 Å². The number of carbonyl (C=O) groups excluding carboxylic acids is 1. The van der Waals surface area contributed by atoms with E-state index in [0.717, 1.165) is 11.8 Å². The maximum atomic E-state index is 12.7. The normalized spacial score (nSPS) is 11.8. The molecule has 232 valence electrons. The largest absolute Gasteiger partial charge is 0.545 e. The van der Waals surface area contributed by atoms with Crippen LogP contribution in [0.2, 0.25) is 0 Å². The number of thioether (sulfide) groups is 1. The molecule has 0 unspecified atom stereocenters. The molecule has 0 spiro atoms. The Bertz CT molecular complexity index is 1490. The van der Waals surface area contributed by atoms with Crippen molar-refractivity contribution in [3.8, 4) is 0 Å². The molecule has 0 saturated carbocycles. The molecule has 0 saturated heterocycles. The van der Waals surface area contributed by atoms with Crippen molar-refractivity contribution in [2.24, 2.45) is 16.5 Å². The summed E-state index contributed by atoms with van der Waals surface area (Å²) in [5, 5.41) is 22.6. The SMILES string of the molecule is CCONS(=O)(=O)c1cccc(S(=O)(=O)NC(=NC)NCCSCc2csc([NH+]=C(N)N)n2)c1.O=C([O-])/C=C/C(=O)O. The van der Waals surface area contributed by atoms with E-state index in [1.807, 2.05) is 10.3 Å². The highest BCUT2D eigenvalue weighted by atomic mass is 32.2. The van der Waals surface area contributed by atoms with Crippen LogP contribution in [0.3, 0.4) is 0 Å². The first-order chi connectivity index (χ1) is 19.7. The summed E-state index contributed by atoms with van der Waals surface area (Å²) in [5.74, 6) is -1.42. The Balaban J connectivity index is 0.000000962. The number of rotatable bonds is 14. The van der Waals surface area contributed by atoms with Crippen molar-refractivity contribution < 1.29 is 46.5 Å². The lowest BCUT2D eigenvalue weighted by atomic mass is 10.4. The number of hydrogen-bond acceptors (Lipinski definition) is 12. The van der Waals surface area contributed by atoms with E-state index in [1.165, 1.54) is 36.6 Å². The van der Waals surface area contributed by atoms with Gasteiger partial charge in [-0.05, 0) is 31.2 Å². The maximum absolute atomic E-state index is 12.7. The van der Waals surface area contributed by atoms with E-state index in [9.17, 15) is 31.5 Å². The van der Waals surface area contributed by atoms with E-state index in [4.69, 9.17) is 21.4 Å². The Kier molecular flexibility index (Phi) is 15.5. The fourth-order valence-corrected chi connectivity index (χ4v) is 6.09. The highest BCUT2D eigenvalue weighted by Crippen LogP contribution is 2.17. The van der Waals surface area contributed by atoms with Crippen LogP contribution in [0.1, 0.15) is 12.6 Å². The number of carbonyl (C=O) groups is 2. The lowest BCUT2D eigenvalue weighted by Gasteiger charge is -2.13. The summed E-state index contributed by atoms with van der Waals surface area (Å²) in [6.45, 7) is 2.14. The second-order valence-electron chi connectivity index (χ2n) is 7.37. The zero-order valence-corrected chi connectivity index (χ0v) is 25.5. The number of hydrogen-bond donors (Lipinski definition) is 7. The fourth-order valence-electron chi connectivity index (χ4n) is 2.45. The molecule has 21 heteroatoms. The van der Waals surface area contributed by atoms with Gasteiger partial charge in [-0.15, -0.1) is 4.98 Å². The average molecular weight is 667 g/mol. The molecule has 42 heavy (non-hydrogen) atoms. The third-order valence-electron chi connectivity index (χ3n) is 4.15. The number of guanidine groups is 2. The predicted octanol–water partition coefficient (Wildman–Crippen LogP) is -3.48. The highest BCUT2D eigenvalue weighted by Gasteiger charge is 2.21. The van der Waals surface area contributed by atoms with Crippen LogP contribution < -0.4 is 36.5 Å². The number of sulfonamides is 2. The molecule has 0 aliphatic carbocycles. The number of nitrogens with one attached hydrogen (secondary N) is 4. The molecule has 2 rings (SSSR count). The molecule has 0 amide bonds. The Morgan fingerprint density at radius 2 is 1.88 bits per heavy atom. The van der Waals surface area contributed by atoms with Crippen molar-refractivity contribution in [2.75, 3.05) is 26.0 Å². The fraction of sp³-hybridized carbons (Fsp3) is 0.286. The van der Waals surface area contributed by atoms with Crippen molar-refractivity contribution in [1.82, 2.24) is 19.9 Å². The van der Waals surface area contributed by atoms with Crippen LogP contribution in [0.5, 0.6) is 0 Å². The third kappa shape index (κ3) is 14.2. The van der Waals surface area contributed by atoms with Crippen LogP contribution >= 0.6 is 23.1 Å². The van der Waals surface area contributed by atoms with E-state index >= 15 is 0 Å². The number of aliphatic carboxylic acids is 2. The van der Waals surface area contributed by atoms with Gasteiger partial charge in [-0.1, -0.05) is 22.3 Å². The molecule has 2 aromatic rings. The van der Waals surface area contributed by atoms with Gasteiger partial charge in [0, 0.05) is 36.6 Å². The van der Waals surface area contributed by atoms with Gasteiger partial charge in [-0.3, -0.25) is 9.83 Å². The van der Waals surface area contributed by atoms with Crippen molar-refractivity contribution >= 4 is 72.1 Å². The van der Waals surface area contributed by atoms with Gasteiger partial charge in [-0.25, -0.2) is 31.3 Å². The van der Waals surface area contributed by atoms with Crippen LogP contribution in [-0.4, -0.2) is 76.7 Å². The summed E-state index contributed by atoms with van der Waals surface area (Å²) in [6, 6.07) is 4.88. The number of carboxylic acid groups (broad SMARTS) is 2. The first kappa shape index (κ1) is 36.3. The smallest absolute Gasteiger partial charge is 0.328 e. The zero-order valence-electron chi connectivity index (χ0n) is 22.3. The Morgan fingerprint density at radius 1 is 1.21 bits per heavy atom. The monoisotopic (exact) mass is 666 g/mol. The lowest BCUT2D eigenvalue weighted by Crippen LogP contribution is -2.72. The minimum Gasteiger partial charge on any atom is -0.545 e. The summed E-state index contributed by atoms with van der Waals surface area (Å²) >= 11 is 2.97. The topological polar surface area (TPSA) is 282 Å². The van der Waals surface area contributed by atoms with Crippen molar-refractivity contribution in [1.29, 1.82) is 0 Å². The van der Waals surface area contributed by atoms with Crippen LogP contribution in [0.4, 0.5) is 5.13 Å². The van der Waals surface area contributed by atoms with E-state index in [0.29, 0.717) is 35.3 Å². The molecule has 0 atom stereocenters. The maximum Gasteiger partial charge on any atom is 0.328 e. The van der Waals surface area contributed by atoms with Crippen molar-refractivity contribution in [2.45, 2.75) is 22.5 Å². The number of aliphatic imine (C=N–C) groups is 1. The molecule has 1 heterocycles. The predicted molar refractivity (Wildman–Crippen MR) is 154 cm³/mol. The van der Waals surface area contributed by atoms with Gasteiger partial charge >= 0.3 is 11.9 Å². The van der Waals surface area contributed by atoms with Gasteiger partial charge in [0.05, 0.1) is 22.4 Å². The molecule has 17 nitrogen and oxygen atoms in total. The molecule has 9 N–H and O–H groups in total. The molecule has 1 aromatic carbocycles. The minimum absolute atomic E-state index is 0.0235. The second-order valence-corrected chi connectivity index (χ2v) is 12.7. The van der Waals surface area contributed by atoms with E-state index in [-0.39, 0.29) is 28.3 Å². The standard InChI is InChI=1S/C17H26N8O5S4.C4H4O4/c1-3-30-25-34(28,29)14-6-4-5-13(9-14)33(26,27)24-16(20-2)21-7-8-31-10-12-11-32-17(22-12)23-15(18)19;5-3(6)1-2-4(7)8/h4-6,9,11,25H,3,7-8,10H2,1-2H3,(H2,20,21,24)(H4,18,19,22,23);1-2H,(H,5,6)(H,7,8)/b;2-1+. The summed E-state index contributed by atoms with van der Waals surface area (Å²) in [7, 11) is -6.69. The third-order valence-corrected chi connectivity index (χ3v) is 8.50. The van der Waals surface area contributed by atoms with Gasteiger partial charge in [0.15, 0.2) is 0 Å². The number of thiazole rings is 1. The molecule has 0 radical (unpaired) electrons. The summed E-state index contributed by atoms with van der Waals surface area (Å²) in [5.41, 5.74) is 11.6. The Labute approximate surface area is 250 Å². The highest BCUT2D eigenvalue weighted by molar-refractivity contribution is 7.98. The van der Waals surface area contributed by atoms with Gasteiger partial charge in [0.2, 0.25) is 5.96 Å². The van der Waals surface area contributed by atoms with Crippen LogP contribution in [0, 0.1) is 0 Å². The number of nitrogens with two attached hydrogens (primary N) is 2. The number of nitrogens with zero attached hydrogens (tertiary/aromatic N) is 2. The van der Waals surface area contributed by atoms with Crippen molar-refractivity contribution in [3.05, 3.63) is 47.5 Å². The Morgan fingerprint density at radius 3 is 2.43 bits per heavy atom. The van der Waals surface area contributed by atoms with E-state index < -0.39 is 32.0 Å². The first-order valence-corrected chi connectivity index (χ1v) is 16.5. The molecule has 0 aliphatic rings. The van der Waals surface area contributed by atoms with Gasteiger partial charge in [0.25, 0.3) is 25.2 Å². The van der Waals surface area contributed by atoms with E-state index in [2.05, 4.69) is 25.0 Å². The molecular formula is C21H30N8O9S4. The molecule has 0 aliphatic heterocycles. The van der Waals surface area contributed by atoms with Gasteiger partial charge < -0.3 is 31.8 Å². The van der Waals surface area contributed by atoms with Crippen LogP contribution in [0.25, 0.3) is 0 Å². The van der Waals surface area contributed by atoms with Gasteiger partial charge in [-0.2, -0.15) is 11.8 Å². The number of aromatic nitrogens is 1. The second kappa shape index (κ2) is 17.9. The molecular weight excluding hydrogens is 637 g/mol. The number of carboxylic acids is 2. The average Bonchev–Trinajstić information content (AvgIpc) is 3.36. The quantitative estimate of drug-likeness (QED) is 0.0339. The summed E-state index contributed by atoms with van der Waals surface area (Å²) in [6.07, 6.45) is 0.942. The summed E-state index contributed by atoms with van der Waals surface area (Å²) < 4.78 is 52.2. The van der Waals surface area contributed by atoms with Crippen molar-refractivity contribution in [3.63, 3.8) is 0 Å².